The fourth-order valence-electron chi connectivity index (χ4n) is 4.83. The molecule has 1 spiro atoms. The molecule has 0 aromatic carbocycles. The second kappa shape index (κ2) is 6.77. The molecule has 3 atom stereocenters. The fraction of sp³-hybridized carbons (Fsp3) is 1.00. The third-order valence-corrected chi connectivity index (χ3v) is 7.14. The highest BCUT2D eigenvalue weighted by Gasteiger charge is 2.49. The SMILES string of the molecule is CCNC(C1CCOC2(CCSC2)C1)C1(OC)CCCC1. The third kappa shape index (κ3) is 3.15. The van der Waals surface area contributed by atoms with E-state index < -0.39 is 0 Å². The van der Waals surface area contributed by atoms with Crippen molar-refractivity contribution in [1.82, 2.24) is 5.32 Å². The van der Waals surface area contributed by atoms with Gasteiger partial charge in [-0.1, -0.05) is 19.8 Å². The molecule has 3 unspecified atom stereocenters. The molecule has 1 N–H and O–H groups in total. The van der Waals surface area contributed by atoms with Crippen LogP contribution in [0.15, 0.2) is 0 Å². The number of rotatable bonds is 5. The summed E-state index contributed by atoms with van der Waals surface area (Å²) < 4.78 is 12.3. The van der Waals surface area contributed by atoms with E-state index in [1.807, 2.05) is 7.11 Å². The summed E-state index contributed by atoms with van der Waals surface area (Å²) in [5.74, 6) is 3.17. The Balaban J connectivity index is 1.76. The Hall–Kier alpha value is 0.230. The molecule has 0 aromatic rings. The van der Waals surface area contributed by atoms with Crippen molar-refractivity contribution < 1.29 is 9.47 Å². The van der Waals surface area contributed by atoms with Gasteiger partial charge in [-0.05, 0) is 50.3 Å². The van der Waals surface area contributed by atoms with Gasteiger partial charge in [0.25, 0.3) is 0 Å². The monoisotopic (exact) mass is 313 g/mol. The number of hydrogen-bond donors (Lipinski definition) is 1. The van der Waals surface area contributed by atoms with Gasteiger partial charge in [0, 0.05) is 25.5 Å². The maximum absolute atomic E-state index is 6.22. The normalized spacial score (nSPS) is 37.1. The largest absolute Gasteiger partial charge is 0.377 e. The van der Waals surface area contributed by atoms with E-state index in [9.17, 15) is 0 Å². The van der Waals surface area contributed by atoms with Crippen LogP contribution in [0.3, 0.4) is 0 Å². The van der Waals surface area contributed by atoms with Crippen LogP contribution in [0, 0.1) is 5.92 Å². The Morgan fingerprint density at radius 1 is 1.33 bits per heavy atom. The molecule has 0 amide bonds. The van der Waals surface area contributed by atoms with Crippen LogP contribution in [0.25, 0.3) is 0 Å². The minimum atomic E-state index is 0.0744. The lowest BCUT2D eigenvalue weighted by atomic mass is 9.74. The Kier molecular flexibility index (Phi) is 5.19. The van der Waals surface area contributed by atoms with Gasteiger partial charge < -0.3 is 14.8 Å². The van der Waals surface area contributed by atoms with E-state index in [0.717, 1.165) is 13.2 Å². The number of likely N-dealkylation sites (N-methyl/N-ethyl adjacent to an activating group) is 1. The molecule has 3 fully saturated rings. The first-order valence-electron chi connectivity index (χ1n) is 8.74. The van der Waals surface area contributed by atoms with Crippen LogP contribution in [0.1, 0.15) is 51.9 Å². The summed E-state index contributed by atoms with van der Waals surface area (Å²) in [5.41, 5.74) is 0.250. The molecule has 0 aromatic heterocycles. The van der Waals surface area contributed by atoms with Crippen LogP contribution in [0.5, 0.6) is 0 Å². The molecular formula is C17H31NO2S. The summed E-state index contributed by atoms with van der Waals surface area (Å²) in [6.07, 6.45) is 8.74. The van der Waals surface area contributed by atoms with Crippen molar-refractivity contribution in [2.75, 3.05) is 31.8 Å². The van der Waals surface area contributed by atoms with Gasteiger partial charge in [0.15, 0.2) is 0 Å². The van der Waals surface area contributed by atoms with Crippen LogP contribution in [-0.2, 0) is 9.47 Å². The zero-order valence-electron chi connectivity index (χ0n) is 13.7. The second-order valence-corrected chi connectivity index (χ2v) is 8.20. The average molecular weight is 314 g/mol. The van der Waals surface area contributed by atoms with Crippen molar-refractivity contribution in [3.63, 3.8) is 0 Å². The molecule has 0 radical (unpaired) electrons. The number of ether oxygens (including phenoxy) is 2. The predicted molar refractivity (Wildman–Crippen MR) is 89.0 cm³/mol. The van der Waals surface area contributed by atoms with Crippen molar-refractivity contribution in [3.8, 4) is 0 Å². The summed E-state index contributed by atoms with van der Waals surface area (Å²) in [6.45, 7) is 4.20. The van der Waals surface area contributed by atoms with Crippen molar-refractivity contribution in [2.24, 2.45) is 5.92 Å². The van der Waals surface area contributed by atoms with E-state index in [4.69, 9.17) is 9.47 Å². The summed E-state index contributed by atoms with van der Waals surface area (Å²) >= 11 is 2.07. The minimum absolute atomic E-state index is 0.0744. The molecule has 0 bridgehead atoms. The first-order valence-corrected chi connectivity index (χ1v) is 9.89. The smallest absolute Gasteiger partial charge is 0.0833 e. The number of methoxy groups -OCH3 is 1. The predicted octanol–water partition coefficient (Wildman–Crippen LogP) is 3.23. The van der Waals surface area contributed by atoms with Gasteiger partial charge >= 0.3 is 0 Å². The molecule has 3 rings (SSSR count). The van der Waals surface area contributed by atoms with Gasteiger partial charge in [0.05, 0.1) is 11.2 Å². The molecule has 2 aliphatic heterocycles. The van der Waals surface area contributed by atoms with Crippen LogP contribution >= 0.6 is 11.8 Å². The fourth-order valence-corrected chi connectivity index (χ4v) is 6.21. The molecule has 1 saturated carbocycles. The molecule has 3 aliphatic rings. The molecule has 2 saturated heterocycles. The van der Waals surface area contributed by atoms with Crippen LogP contribution in [0.2, 0.25) is 0 Å². The third-order valence-electron chi connectivity index (χ3n) is 5.92. The maximum atomic E-state index is 6.22. The second-order valence-electron chi connectivity index (χ2n) is 7.10. The van der Waals surface area contributed by atoms with Crippen LogP contribution < -0.4 is 5.32 Å². The Bertz CT molecular complexity index is 338. The van der Waals surface area contributed by atoms with Crippen molar-refractivity contribution in [3.05, 3.63) is 0 Å². The highest BCUT2D eigenvalue weighted by molar-refractivity contribution is 7.99. The summed E-state index contributed by atoms with van der Waals surface area (Å²) in [5, 5.41) is 3.81. The summed E-state index contributed by atoms with van der Waals surface area (Å²) in [4.78, 5) is 0. The van der Waals surface area contributed by atoms with Gasteiger partial charge in [-0.25, -0.2) is 0 Å². The average Bonchev–Trinajstić information content (AvgIpc) is 3.15. The Morgan fingerprint density at radius 2 is 2.14 bits per heavy atom. The molecule has 122 valence electrons. The Morgan fingerprint density at radius 3 is 2.76 bits per heavy atom. The molecule has 2 heterocycles. The zero-order chi connectivity index (χ0) is 14.8. The lowest BCUT2D eigenvalue weighted by Gasteiger charge is -2.47. The zero-order valence-corrected chi connectivity index (χ0v) is 14.5. The van der Waals surface area contributed by atoms with Crippen molar-refractivity contribution in [2.45, 2.75) is 69.1 Å². The molecule has 3 nitrogen and oxygen atoms in total. The molecular weight excluding hydrogens is 282 g/mol. The summed E-state index contributed by atoms with van der Waals surface area (Å²) in [7, 11) is 1.93. The van der Waals surface area contributed by atoms with Gasteiger partial charge in [0.2, 0.25) is 0 Å². The van der Waals surface area contributed by atoms with Crippen LogP contribution in [-0.4, -0.2) is 49.0 Å². The number of hydrogen-bond acceptors (Lipinski definition) is 4. The highest BCUT2D eigenvalue weighted by Crippen LogP contribution is 2.46. The molecule has 1 aliphatic carbocycles. The standard InChI is InChI=1S/C17H31NO2S/c1-3-18-15(17(19-2)7-4-5-8-17)14-6-10-20-16(12-14)9-11-21-13-16/h14-15,18H,3-13H2,1-2H3. The topological polar surface area (TPSA) is 30.5 Å². The van der Waals surface area contributed by atoms with E-state index in [1.165, 1.54) is 56.5 Å². The first kappa shape index (κ1) is 16.1. The highest BCUT2D eigenvalue weighted by atomic mass is 32.2. The van der Waals surface area contributed by atoms with E-state index in [-0.39, 0.29) is 11.2 Å². The number of thioether (sulfide) groups is 1. The van der Waals surface area contributed by atoms with Gasteiger partial charge in [-0.3, -0.25) is 0 Å². The molecule has 4 heteroatoms. The quantitative estimate of drug-likeness (QED) is 0.844. The van der Waals surface area contributed by atoms with Crippen LogP contribution in [0.4, 0.5) is 0 Å². The Labute approximate surface area is 133 Å². The lowest BCUT2D eigenvalue weighted by molar-refractivity contribution is -0.115. The van der Waals surface area contributed by atoms with Gasteiger partial charge in [-0.2, -0.15) is 11.8 Å². The van der Waals surface area contributed by atoms with E-state index in [0.29, 0.717) is 12.0 Å². The van der Waals surface area contributed by atoms with E-state index in [2.05, 4.69) is 24.0 Å². The number of nitrogens with one attached hydrogen (secondary N) is 1. The van der Waals surface area contributed by atoms with Gasteiger partial charge in [0.1, 0.15) is 0 Å². The lowest BCUT2D eigenvalue weighted by Crippen LogP contribution is -2.57. The van der Waals surface area contributed by atoms with E-state index >= 15 is 0 Å². The van der Waals surface area contributed by atoms with Gasteiger partial charge in [-0.15, -0.1) is 0 Å². The van der Waals surface area contributed by atoms with Crippen molar-refractivity contribution in [1.29, 1.82) is 0 Å². The van der Waals surface area contributed by atoms with E-state index in [1.54, 1.807) is 0 Å². The molecule has 21 heavy (non-hydrogen) atoms. The first-order chi connectivity index (χ1) is 10.2. The maximum Gasteiger partial charge on any atom is 0.0833 e. The summed E-state index contributed by atoms with van der Waals surface area (Å²) in [6, 6.07) is 0.501. The van der Waals surface area contributed by atoms with Crippen molar-refractivity contribution >= 4 is 11.8 Å². The minimum Gasteiger partial charge on any atom is -0.377 e.